The Morgan fingerprint density at radius 2 is 1.59 bits per heavy atom. The molecule has 1 aliphatic rings. The lowest BCUT2D eigenvalue weighted by atomic mass is 10.1. The van der Waals surface area contributed by atoms with Crippen molar-refractivity contribution in [3.8, 4) is 0 Å². The maximum absolute atomic E-state index is 12.5. The topological polar surface area (TPSA) is 60.9 Å². The fourth-order valence-corrected chi connectivity index (χ4v) is 2.32. The minimum absolute atomic E-state index is 0.354. The minimum atomic E-state index is -4.36. The van der Waals surface area contributed by atoms with Crippen LogP contribution in [0.1, 0.15) is 12.0 Å². The van der Waals surface area contributed by atoms with Gasteiger partial charge >= 0.3 is 12.1 Å². The van der Waals surface area contributed by atoms with E-state index in [4.69, 9.17) is 5.11 Å². The summed E-state index contributed by atoms with van der Waals surface area (Å²) in [4.78, 5) is 25.4. The largest absolute Gasteiger partial charge is 0.481 e. The number of hydrogen-bond donors (Lipinski definition) is 1. The lowest BCUT2D eigenvalue weighted by Gasteiger charge is -2.36. The summed E-state index contributed by atoms with van der Waals surface area (Å²) in [6, 6.07) is 4.85. The van der Waals surface area contributed by atoms with E-state index in [2.05, 4.69) is 0 Å². The number of carbonyl (C=O) groups is 2. The Kier molecular flexibility index (Phi) is 4.58. The molecule has 5 nitrogen and oxygen atoms in total. The molecule has 120 valence electrons. The summed E-state index contributed by atoms with van der Waals surface area (Å²) < 4.78 is 37.5. The van der Waals surface area contributed by atoms with Gasteiger partial charge in [0.15, 0.2) is 0 Å². The van der Waals surface area contributed by atoms with Crippen LogP contribution in [-0.4, -0.2) is 48.1 Å². The molecule has 8 heteroatoms. The molecule has 0 atom stereocenters. The second-order valence-electron chi connectivity index (χ2n) is 4.98. The molecule has 1 aromatic carbocycles. The van der Waals surface area contributed by atoms with E-state index in [0.29, 0.717) is 31.9 Å². The van der Waals surface area contributed by atoms with Crippen molar-refractivity contribution in [1.82, 2.24) is 4.90 Å². The molecule has 1 amide bonds. The van der Waals surface area contributed by atoms with E-state index in [1.165, 1.54) is 17.0 Å². The highest BCUT2D eigenvalue weighted by molar-refractivity contribution is 5.93. The first kappa shape index (κ1) is 16.1. The average Bonchev–Trinajstić information content (AvgIpc) is 2.46. The predicted octanol–water partition coefficient (Wildman–Crippen LogP) is 1.83. The Morgan fingerprint density at radius 1 is 1.05 bits per heavy atom. The number of aliphatic carboxylic acids is 1. The Hall–Kier alpha value is -2.25. The maximum Gasteiger partial charge on any atom is 0.416 e. The number of carboxylic acid groups (broad SMARTS) is 1. The van der Waals surface area contributed by atoms with Crippen molar-refractivity contribution in [1.29, 1.82) is 0 Å². The molecule has 1 aliphatic heterocycles. The van der Waals surface area contributed by atoms with Crippen LogP contribution in [0.3, 0.4) is 0 Å². The molecule has 0 radical (unpaired) electrons. The summed E-state index contributed by atoms with van der Waals surface area (Å²) in [6.45, 7) is 1.62. The van der Waals surface area contributed by atoms with Crippen LogP contribution in [0, 0.1) is 0 Å². The van der Waals surface area contributed by atoms with Crippen molar-refractivity contribution in [3.05, 3.63) is 29.8 Å². The zero-order valence-corrected chi connectivity index (χ0v) is 11.6. The highest BCUT2D eigenvalue weighted by atomic mass is 19.4. The molecule has 1 saturated heterocycles. The number of anilines is 1. The smallest absolute Gasteiger partial charge is 0.416 e. The van der Waals surface area contributed by atoms with Crippen LogP contribution < -0.4 is 4.90 Å². The van der Waals surface area contributed by atoms with E-state index >= 15 is 0 Å². The number of alkyl halides is 3. The molecule has 1 N–H and O–H groups in total. The Balaban J connectivity index is 1.94. The first-order chi connectivity index (χ1) is 10.3. The summed E-state index contributed by atoms with van der Waals surface area (Å²) in [5.41, 5.74) is -0.0511. The fraction of sp³-hybridized carbons (Fsp3) is 0.429. The van der Waals surface area contributed by atoms with Crippen molar-refractivity contribution in [2.75, 3.05) is 31.1 Å². The van der Waals surface area contributed by atoms with E-state index in [0.717, 1.165) is 12.1 Å². The Bertz CT molecular complexity index is 549. The SMILES string of the molecule is O=C(O)CC(=O)N1CCN(c2ccc(C(F)(F)F)cc2)CC1. The lowest BCUT2D eigenvalue weighted by molar-refractivity contribution is -0.144. The van der Waals surface area contributed by atoms with Crippen LogP contribution in [0.2, 0.25) is 0 Å². The van der Waals surface area contributed by atoms with Gasteiger partial charge in [-0.25, -0.2) is 0 Å². The quantitative estimate of drug-likeness (QED) is 0.864. The number of benzene rings is 1. The molecule has 22 heavy (non-hydrogen) atoms. The zero-order chi connectivity index (χ0) is 16.3. The van der Waals surface area contributed by atoms with Crippen LogP contribution in [-0.2, 0) is 15.8 Å². The van der Waals surface area contributed by atoms with Gasteiger partial charge in [0.25, 0.3) is 0 Å². The van der Waals surface area contributed by atoms with Crippen LogP contribution in [0.5, 0.6) is 0 Å². The average molecular weight is 316 g/mol. The van der Waals surface area contributed by atoms with Crippen molar-refractivity contribution in [2.45, 2.75) is 12.6 Å². The maximum atomic E-state index is 12.5. The number of amides is 1. The standard InChI is InChI=1S/C14H15F3N2O3/c15-14(16,17)10-1-3-11(4-2-10)18-5-7-19(8-6-18)12(20)9-13(21)22/h1-4H,5-9H2,(H,21,22). The van der Waals surface area contributed by atoms with Crippen LogP contribution in [0.15, 0.2) is 24.3 Å². The molecule has 0 aliphatic carbocycles. The first-order valence-electron chi connectivity index (χ1n) is 6.69. The molecule has 0 unspecified atom stereocenters. The molecule has 0 saturated carbocycles. The van der Waals surface area contributed by atoms with Crippen molar-refractivity contribution in [3.63, 3.8) is 0 Å². The van der Waals surface area contributed by atoms with Gasteiger partial charge in [-0.2, -0.15) is 13.2 Å². The van der Waals surface area contributed by atoms with Gasteiger partial charge in [-0.05, 0) is 24.3 Å². The molecule has 0 bridgehead atoms. The van der Waals surface area contributed by atoms with Crippen molar-refractivity contribution < 1.29 is 27.9 Å². The monoisotopic (exact) mass is 316 g/mol. The summed E-state index contributed by atoms with van der Waals surface area (Å²) in [5.74, 6) is -1.62. The van der Waals surface area contributed by atoms with Crippen molar-refractivity contribution in [2.24, 2.45) is 0 Å². The second kappa shape index (κ2) is 6.25. The van der Waals surface area contributed by atoms with Crippen LogP contribution in [0.4, 0.5) is 18.9 Å². The summed E-state index contributed by atoms with van der Waals surface area (Å²) in [6.07, 6.45) is -4.90. The van der Waals surface area contributed by atoms with E-state index in [-0.39, 0.29) is 0 Å². The molecule has 0 spiro atoms. The van der Waals surface area contributed by atoms with Gasteiger partial charge in [0.2, 0.25) is 5.91 Å². The minimum Gasteiger partial charge on any atom is -0.481 e. The van der Waals surface area contributed by atoms with E-state index in [9.17, 15) is 22.8 Å². The number of nitrogens with zero attached hydrogens (tertiary/aromatic N) is 2. The van der Waals surface area contributed by atoms with E-state index in [1.54, 1.807) is 0 Å². The van der Waals surface area contributed by atoms with Crippen LogP contribution in [0.25, 0.3) is 0 Å². The zero-order valence-electron chi connectivity index (χ0n) is 11.6. The van der Waals surface area contributed by atoms with Crippen molar-refractivity contribution >= 4 is 17.6 Å². The van der Waals surface area contributed by atoms with Gasteiger partial charge in [-0.15, -0.1) is 0 Å². The number of halogens is 3. The van der Waals surface area contributed by atoms with Gasteiger partial charge in [0, 0.05) is 31.9 Å². The van der Waals surface area contributed by atoms with Crippen LogP contribution >= 0.6 is 0 Å². The first-order valence-corrected chi connectivity index (χ1v) is 6.69. The number of piperazine rings is 1. The lowest BCUT2D eigenvalue weighted by Crippen LogP contribution is -2.49. The predicted molar refractivity (Wildman–Crippen MR) is 72.5 cm³/mol. The summed E-state index contributed by atoms with van der Waals surface area (Å²) in [7, 11) is 0. The highest BCUT2D eigenvalue weighted by Gasteiger charge is 2.30. The molecule has 2 rings (SSSR count). The second-order valence-corrected chi connectivity index (χ2v) is 4.98. The third-order valence-corrected chi connectivity index (χ3v) is 3.49. The molecular formula is C14H15F3N2O3. The Morgan fingerprint density at radius 3 is 2.05 bits per heavy atom. The van der Waals surface area contributed by atoms with Gasteiger partial charge in [0.05, 0.1) is 5.56 Å². The van der Waals surface area contributed by atoms with Gasteiger partial charge in [-0.3, -0.25) is 9.59 Å². The van der Waals surface area contributed by atoms with E-state index < -0.39 is 30.0 Å². The normalized spacial score (nSPS) is 15.8. The van der Waals surface area contributed by atoms with Gasteiger partial charge in [-0.1, -0.05) is 0 Å². The molecule has 1 heterocycles. The van der Waals surface area contributed by atoms with Gasteiger partial charge < -0.3 is 14.9 Å². The molecule has 1 fully saturated rings. The number of carboxylic acids is 1. The molecular weight excluding hydrogens is 301 g/mol. The molecule has 0 aromatic heterocycles. The fourth-order valence-electron chi connectivity index (χ4n) is 2.32. The van der Waals surface area contributed by atoms with E-state index in [1.807, 2.05) is 4.90 Å². The summed E-state index contributed by atoms with van der Waals surface area (Å²) >= 11 is 0. The third kappa shape index (κ3) is 3.90. The highest BCUT2D eigenvalue weighted by Crippen LogP contribution is 2.30. The summed E-state index contributed by atoms with van der Waals surface area (Å²) in [5, 5.41) is 8.59. The number of rotatable bonds is 3. The molecule has 1 aromatic rings. The number of carbonyl (C=O) groups excluding carboxylic acids is 1. The number of hydrogen-bond acceptors (Lipinski definition) is 3. The van der Waals surface area contributed by atoms with Gasteiger partial charge in [0.1, 0.15) is 6.42 Å². The Labute approximate surface area is 124 Å². The third-order valence-electron chi connectivity index (χ3n) is 3.49.